The van der Waals surface area contributed by atoms with E-state index in [9.17, 15) is 0 Å². The molecule has 0 bridgehead atoms. The summed E-state index contributed by atoms with van der Waals surface area (Å²) < 4.78 is 7.05. The van der Waals surface area contributed by atoms with Gasteiger partial charge in [0.05, 0.1) is 24.1 Å². The normalized spacial score (nSPS) is 13.6. The molecule has 0 saturated carbocycles. The summed E-state index contributed by atoms with van der Waals surface area (Å²) in [5, 5.41) is 15.6. The Kier molecular flexibility index (Phi) is 4.46. The highest BCUT2D eigenvalue weighted by Crippen LogP contribution is 2.21. The fraction of sp³-hybridized carbons (Fsp3) is 0.316. The Morgan fingerprint density at radius 3 is 2.65 bits per heavy atom. The van der Waals surface area contributed by atoms with Crippen LogP contribution in [0.15, 0.2) is 41.2 Å². The van der Waals surface area contributed by atoms with Crippen molar-refractivity contribution in [1.82, 2.24) is 20.3 Å². The molecule has 0 atom stereocenters. The van der Waals surface area contributed by atoms with Crippen molar-refractivity contribution in [2.45, 2.75) is 39.3 Å². The smallest absolute Gasteiger partial charge is 0.171 e. The molecule has 2 aromatic heterocycles. The minimum Gasteiger partial charge on any atom is -0.361 e. The van der Waals surface area contributed by atoms with Gasteiger partial charge in [0.25, 0.3) is 0 Å². The van der Waals surface area contributed by atoms with Gasteiger partial charge in [0.1, 0.15) is 5.76 Å². The van der Waals surface area contributed by atoms with Gasteiger partial charge in [0.15, 0.2) is 5.11 Å². The van der Waals surface area contributed by atoms with E-state index in [1.165, 1.54) is 11.1 Å². The van der Waals surface area contributed by atoms with Gasteiger partial charge in [-0.25, -0.2) is 0 Å². The molecule has 0 unspecified atom stereocenters. The summed E-state index contributed by atoms with van der Waals surface area (Å²) in [6.07, 6.45) is 5.71. The van der Waals surface area contributed by atoms with E-state index in [0.717, 1.165) is 35.5 Å². The number of nitrogens with zero attached hydrogens (tertiary/aromatic N) is 3. The van der Waals surface area contributed by atoms with E-state index in [1.54, 1.807) is 6.20 Å². The molecule has 1 aliphatic carbocycles. The van der Waals surface area contributed by atoms with Crippen LogP contribution >= 0.6 is 12.2 Å². The molecule has 0 aliphatic heterocycles. The maximum atomic E-state index is 5.47. The van der Waals surface area contributed by atoms with Gasteiger partial charge in [0.2, 0.25) is 0 Å². The summed E-state index contributed by atoms with van der Waals surface area (Å²) in [6, 6.07) is 8.89. The maximum absolute atomic E-state index is 5.47. The number of anilines is 1. The van der Waals surface area contributed by atoms with E-state index in [-0.39, 0.29) is 0 Å². The zero-order valence-corrected chi connectivity index (χ0v) is 15.6. The third-order valence-electron chi connectivity index (χ3n) is 4.78. The standard InChI is InChI=1S/C19H21N5OS/c1-12-18(13(2)25-23-12)11-24-10-17(9-20-24)22-19(26)21-16-7-14-5-3-4-6-15(14)8-16/h3-6,9-10,16H,7-8,11H2,1-2H3,(H2,21,22,26). The molecule has 2 N–H and O–H groups in total. The highest BCUT2D eigenvalue weighted by molar-refractivity contribution is 7.80. The van der Waals surface area contributed by atoms with E-state index < -0.39 is 0 Å². The van der Waals surface area contributed by atoms with Gasteiger partial charge < -0.3 is 15.2 Å². The molecule has 0 amide bonds. The highest BCUT2D eigenvalue weighted by Gasteiger charge is 2.21. The van der Waals surface area contributed by atoms with Crippen LogP contribution in [-0.4, -0.2) is 26.1 Å². The molecule has 134 valence electrons. The first kappa shape index (κ1) is 16.8. The van der Waals surface area contributed by atoms with Crippen molar-refractivity contribution in [2.24, 2.45) is 0 Å². The second-order valence-corrected chi connectivity index (χ2v) is 7.11. The van der Waals surface area contributed by atoms with Crippen molar-refractivity contribution in [1.29, 1.82) is 0 Å². The van der Waals surface area contributed by atoms with Crippen LogP contribution in [0.3, 0.4) is 0 Å². The maximum Gasteiger partial charge on any atom is 0.171 e. The molecule has 0 fully saturated rings. The summed E-state index contributed by atoms with van der Waals surface area (Å²) in [5.74, 6) is 0.825. The topological polar surface area (TPSA) is 67.9 Å². The zero-order chi connectivity index (χ0) is 18.1. The fourth-order valence-electron chi connectivity index (χ4n) is 3.42. The highest BCUT2D eigenvalue weighted by atomic mass is 32.1. The molecule has 1 aliphatic rings. The summed E-state index contributed by atoms with van der Waals surface area (Å²) in [4.78, 5) is 0. The third-order valence-corrected chi connectivity index (χ3v) is 5.00. The molecule has 7 heteroatoms. The molecule has 3 aromatic rings. The van der Waals surface area contributed by atoms with Crippen LogP contribution in [0.2, 0.25) is 0 Å². The van der Waals surface area contributed by atoms with Crippen LogP contribution < -0.4 is 10.6 Å². The van der Waals surface area contributed by atoms with Crippen LogP contribution in [-0.2, 0) is 19.4 Å². The third kappa shape index (κ3) is 3.48. The van der Waals surface area contributed by atoms with E-state index in [2.05, 4.69) is 45.2 Å². The van der Waals surface area contributed by atoms with Crippen molar-refractivity contribution >= 4 is 23.0 Å². The number of nitrogens with one attached hydrogen (secondary N) is 2. The molecule has 4 rings (SSSR count). The molecule has 0 spiro atoms. The molecular weight excluding hydrogens is 346 g/mol. The lowest BCUT2D eigenvalue weighted by Crippen LogP contribution is -2.38. The Bertz CT molecular complexity index is 901. The lowest BCUT2D eigenvalue weighted by Gasteiger charge is -2.14. The summed E-state index contributed by atoms with van der Waals surface area (Å²) in [5.41, 5.74) is 5.62. The van der Waals surface area contributed by atoms with Crippen LogP contribution in [0.4, 0.5) is 5.69 Å². The number of hydrogen-bond acceptors (Lipinski definition) is 4. The quantitative estimate of drug-likeness (QED) is 0.691. The van der Waals surface area contributed by atoms with Gasteiger partial charge in [0, 0.05) is 17.8 Å². The Labute approximate surface area is 157 Å². The van der Waals surface area contributed by atoms with Crippen molar-refractivity contribution in [3.8, 4) is 0 Å². The number of aryl methyl sites for hydroxylation is 2. The molecule has 6 nitrogen and oxygen atoms in total. The minimum atomic E-state index is 0.338. The van der Waals surface area contributed by atoms with Gasteiger partial charge in [-0.1, -0.05) is 29.4 Å². The molecule has 0 saturated heterocycles. The number of fused-ring (bicyclic) bond motifs is 1. The average Bonchev–Trinajstić information content (AvgIpc) is 3.30. The van der Waals surface area contributed by atoms with Crippen molar-refractivity contribution in [3.05, 3.63) is 64.8 Å². The number of aromatic nitrogens is 3. The molecule has 26 heavy (non-hydrogen) atoms. The van der Waals surface area contributed by atoms with Gasteiger partial charge in [-0.3, -0.25) is 4.68 Å². The molecule has 2 heterocycles. The van der Waals surface area contributed by atoms with Crippen molar-refractivity contribution in [3.63, 3.8) is 0 Å². The van der Waals surface area contributed by atoms with Gasteiger partial charge >= 0.3 is 0 Å². The van der Waals surface area contributed by atoms with Crippen molar-refractivity contribution in [2.75, 3.05) is 5.32 Å². The largest absolute Gasteiger partial charge is 0.361 e. The monoisotopic (exact) mass is 367 g/mol. The second-order valence-electron chi connectivity index (χ2n) is 6.70. The summed E-state index contributed by atoms with van der Waals surface area (Å²) in [7, 11) is 0. The Balaban J connectivity index is 1.34. The summed E-state index contributed by atoms with van der Waals surface area (Å²) >= 11 is 5.47. The van der Waals surface area contributed by atoms with E-state index in [0.29, 0.717) is 17.7 Å². The summed E-state index contributed by atoms with van der Waals surface area (Å²) in [6.45, 7) is 4.48. The van der Waals surface area contributed by atoms with Gasteiger partial charge in [-0.15, -0.1) is 0 Å². The fourth-order valence-corrected chi connectivity index (χ4v) is 3.70. The Morgan fingerprint density at radius 2 is 2.00 bits per heavy atom. The second kappa shape index (κ2) is 6.92. The first-order valence-corrected chi connectivity index (χ1v) is 9.08. The number of thiocarbonyl (C=S) groups is 1. The van der Waals surface area contributed by atoms with Crippen LogP contribution in [0.1, 0.15) is 28.1 Å². The van der Waals surface area contributed by atoms with Gasteiger partial charge in [-0.2, -0.15) is 5.10 Å². The van der Waals surface area contributed by atoms with E-state index in [4.69, 9.17) is 16.7 Å². The van der Waals surface area contributed by atoms with Gasteiger partial charge in [-0.05, 0) is 50.0 Å². The number of rotatable bonds is 4. The lowest BCUT2D eigenvalue weighted by molar-refractivity contribution is 0.391. The van der Waals surface area contributed by atoms with Crippen LogP contribution in [0.5, 0.6) is 0 Å². The van der Waals surface area contributed by atoms with E-state index in [1.807, 2.05) is 24.7 Å². The zero-order valence-electron chi connectivity index (χ0n) is 14.8. The molecular formula is C19H21N5OS. The van der Waals surface area contributed by atoms with Crippen LogP contribution in [0, 0.1) is 13.8 Å². The predicted molar refractivity (Wildman–Crippen MR) is 104 cm³/mol. The first-order valence-electron chi connectivity index (χ1n) is 8.67. The van der Waals surface area contributed by atoms with E-state index >= 15 is 0 Å². The Hall–Kier alpha value is -2.67. The lowest BCUT2D eigenvalue weighted by atomic mass is 10.1. The molecule has 0 radical (unpaired) electrons. The van der Waals surface area contributed by atoms with Crippen molar-refractivity contribution < 1.29 is 4.52 Å². The minimum absolute atomic E-state index is 0.338. The average molecular weight is 367 g/mol. The predicted octanol–water partition coefficient (Wildman–Crippen LogP) is 2.99. The molecule has 1 aromatic carbocycles. The number of benzene rings is 1. The van der Waals surface area contributed by atoms with Crippen LogP contribution in [0.25, 0.3) is 0 Å². The number of hydrogen-bond donors (Lipinski definition) is 2. The Morgan fingerprint density at radius 1 is 1.27 bits per heavy atom. The SMILES string of the molecule is Cc1noc(C)c1Cn1cc(NC(=S)NC2Cc3ccccc3C2)cn1. The first-order chi connectivity index (χ1) is 12.6.